The van der Waals surface area contributed by atoms with Crippen LogP contribution in [0.25, 0.3) is 0 Å². The van der Waals surface area contributed by atoms with E-state index in [0.717, 1.165) is 11.3 Å². The van der Waals surface area contributed by atoms with Crippen LogP contribution in [0.3, 0.4) is 0 Å². The molecule has 1 aromatic rings. The quantitative estimate of drug-likeness (QED) is 0.650. The Morgan fingerprint density at radius 2 is 1.94 bits per heavy atom. The molecule has 17 heavy (non-hydrogen) atoms. The van der Waals surface area contributed by atoms with Crippen molar-refractivity contribution < 1.29 is 14.2 Å². The molecule has 0 unspecified atom stereocenters. The van der Waals surface area contributed by atoms with Gasteiger partial charge in [0, 0.05) is 32.0 Å². The minimum Gasteiger partial charge on any atom is -0.371 e. The van der Waals surface area contributed by atoms with Gasteiger partial charge in [-0.15, -0.1) is 0 Å². The summed E-state index contributed by atoms with van der Waals surface area (Å²) in [6.45, 7) is 8.09. The average molecular weight is 242 g/mol. The molecular formula is C12H22N2O3. The van der Waals surface area contributed by atoms with Crippen LogP contribution in [0.4, 0.5) is 0 Å². The number of hydrogen-bond acceptors (Lipinski definition) is 4. The zero-order valence-electron chi connectivity index (χ0n) is 11.1. The van der Waals surface area contributed by atoms with E-state index < -0.39 is 0 Å². The number of ether oxygens (including phenoxy) is 3. The SMILES string of the molecule is CCOC(COCc1cn(C)nc1C)OCC. The molecule has 0 saturated heterocycles. The van der Waals surface area contributed by atoms with Crippen LogP contribution in [0, 0.1) is 6.92 Å². The third kappa shape index (κ3) is 4.85. The minimum atomic E-state index is -0.276. The summed E-state index contributed by atoms with van der Waals surface area (Å²) in [5, 5.41) is 4.26. The molecule has 0 aliphatic heterocycles. The molecule has 0 radical (unpaired) electrons. The maximum Gasteiger partial charge on any atom is 0.180 e. The maximum atomic E-state index is 5.58. The van der Waals surface area contributed by atoms with E-state index in [9.17, 15) is 0 Å². The van der Waals surface area contributed by atoms with E-state index in [2.05, 4.69) is 5.10 Å². The standard InChI is InChI=1S/C12H22N2O3/c1-5-16-12(17-6-2)9-15-8-11-7-14(4)13-10(11)3/h7,12H,5-6,8-9H2,1-4H3. The fraction of sp³-hybridized carbons (Fsp3) is 0.750. The average Bonchev–Trinajstić information content (AvgIpc) is 2.58. The molecule has 0 amide bonds. The first kappa shape index (κ1) is 14.2. The summed E-state index contributed by atoms with van der Waals surface area (Å²) in [6, 6.07) is 0. The smallest absolute Gasteiger partial charge is 0.180 e. The summed E-state index contributed by atoms with van der Waals surface area (Å²) in [5.74, 6) is 0. The van der Waals surface area contributed by atoms with Gasteiger partial charge < -0.3 is 14.2 Å². The van der Waals surface area contributed by atoms with Crippen molar-refractivity contribution in [3.63, 3.8) is 0 Å². The lowest BCUT2D eigenvalue weighted by molar-refractivity contribution is -0.169. The van der Waals surface area contributed by atoms with Crippen LogP contribution in [0.5, 0.6) is 0 Å². The summed E-state index contributed by atoms with van der Waals surface area (Å²) in [4.78, 5) is 0. The Balaban J connectivity index is 2.32. The number of hydrogen-bond donors (Lipinski definition) is 0. The van der Waals surface area contributed by atoms with Gasteiger partial charge in [0.05, 0.1) is 18.9 Å². The Kier molecular flexibility index (Phi) is 6.18. The van der Waals surface area contributed by atoms with Crippen molar-refractivity contribution in [1.29, 1.82) is 0 Å². The molecule has 0 N–H and O–H groups in total. The molecule has 0 aliphatic carbocycles. The van der Waals surface area contributed by atoms with E-state index in [1.165, 1.54) is 0 Å². The van der Waals surface area contributed by atoms with Crippen molar-refractivity contribution in [2.45, 2.75) is 33.7 Å². The van der Waals surface area contributed by atoms with Gasteiger partial charge in [0.2, 0.25) is 0 Å². The van der Waals surface area contributed by atoms with E-state index in [0.29, 0.717) is 26.4 Å². The largest absolute Gasteiger partial charge is 0.371 e. The van der Waals surface area contributed by atoms with Gasteiger partial charge >= 0.3 is 0 Å². The van der Waals surface area contributed by atoms with Gasteiger partial charge in [-0.05, 0) is 20.8 Å². The maximum absolute atomic E-state index is 5.58. The van der Waals surface area contributed by atoms with Crippen molar-refractivity contribution in [2.24, 2.45) is 7.05 Å². The van der Waals surface area contributed by atoms with E-state index in [-0.39, 0.29) is 6.29 Å². The first-order valence-corrected chi connectivity index (χ1v) is 5.97. The van der Waals surface area contributed by atoms with Gasteiger partial charge in [-0.25, -0.2) is 0 Å². The molecule has 0 fully saturated rings. The summed E-state index contributed by atoms with van der Waals surface area (Å²) < 4.78 is 18.1. The lowest BCUT2D eigenvalue weighted by atomic mass is 10.3. The van der Waals surface area contributed by atoms with E-state index in [1.807, 2.05) is 34.0 Å². The zero-order valence-corrected chi connectivity index (χ0v) is 11.1. The minimum absolute atomic E-state index is 0.276. The predicted octanol–water partition coefficient (Wildman–Crippen LogP) is 1.64. The van der Waals surface area contributed by atoms with Crippen LogP contribution < -0.4 is 0 Å². The monoisotopic (exact) mass is 242 g/mol. The third-order valence-corrected chi connectivity index (χ3v) is 2.33. The second-order valence-corrected chi connectivity index (χ2v) is 3.77. The Bertz CT molecular complexity index is 320. The third-order valence-electron chi connectivity index (χ3n) is 2.33. The fourth-order valence-electron chi connectivity index (χ4n) is 1.57. The molecule has 5 nitrogen and oxygen atoms in total. The molecule has 0 aromatic carbocycles. The molecule has 0 aliphatic rings. The first-order chi connectivity index (χ1) is 8.17. The van der Waals surface area contributed by atoms with E-state index >= 15 is 0 Å². The molecule has 0 atom stereocenters. The van der Waals surface area contributed by atoms with E-state index in [1.54, 1.807) is 4.68 Å². The first-order valence-electron chi connectivity index (χ1n) is 5.97. The Hall–Kier alpha value is -0.910. The van der Waals surface area contributed by atoms with Gasteiger partial charge in [0.15, 0.2) is 6.29 Å². The number of nitrogens with zero attached hydrogens (tertiary/aromatic N) is 2. The van der Waals surface area contributed by atoms with Crippen molar-refractivity contribution >= 4 is 0 Å². The summed E-state index contributed by atoms with van der Waals surface area (Å²) in [5.41, 5.74) is 2.09. The molecular weight excluding hydrogens is 220 g/mol. The molecule has 98 valence electrons. The molecule has 0 saturated carbocycles. The van der Waals surface area contributed by atoms with Crippen LogP contribution in [0.1, 0.15) is 25.1 Å². The van der Waals surface area contributed by atoms with Crippen LogP contribution in [0.2, 0.25) is 0 Å². The van der Waals surface area contributed by atoms with E-state index in [4.69, 9.17) is 14.2 Å². The molecule has 0 spiro atoms. The van der Waals surface area contributed by atoms with Crippen LogP contribution in [0.15, 0.2) is 6.20 Å². The molecule has 0 bridgehead atoms. The zero-order chi connectivity index (χ0) is 12.7. The molecule has 1 heterocycles. The highest BCUT2D eigenvalue weighted by Gasteiger charge is 2.09. The highest BCUT2D eigenvalue weighted by molar-refractivity contribution is 5.13. The van der Waals surface area contributed by atoms with Crippen LogP contribution in [-0.2, 0) is 27.9 Å². The second-order valence-electron chi connectivity index (χ2n) is 3.77. The predicted molar refractivity (Wildman–Crippen MR) is 64.6 cm³/mol. The van der Waals surface area contributed by atoms with Crippen molar-refractivity contribution in [3.8, 4) is 0 Å². The van der Waals surface area contributed by atoms with Gasteiger partial charge in [0.1, 0.15) is 0 Å². The second kappa shape index (κ2) is 7.42. The van der Waals surface area contributed by atoms with Gasteiger partial charge in [-0.2, -0.15) is 5.10 Å². The summed E-state index contributed by atoms with van der Waals surface area (Å²) >= 11 is 0. The van der Waals surface area contributed by atoms with Gasteiger partial charge in [-0.3, -0.25) is 4.68 Å². The normalized spacial score (nSPS) is 11.4. The molecule has 1 rings (SSSR count). The van der Waals surface area contributed by atoms with Crippen LogP contribution >= 0.6 is 0 Å². The van der Waals surface area contributed by atoms with Crippen molar-refractivity contribution in [3.05, 3.63) is 17.5 Å². The number of rotatable bonds is 8. The van der Waals surface area contributed by atoms with Crippen molar-refractivity contribution in [1.82, 2.24) is 9.78 Å². The number of aryl methyl sites for hydroxylation is 2. The lowest BCUT2D eigenvalue weighted by Gasteiger charge is -2.16. The summed E-state index contributed by atoms with van der Waals surface area (Å²) in [6.07, 6.45) is 1.69. The van der Waals surface area contributed by atoms with Gasteiger partial charge in [0.25, 0.3) is 0 Å². The Morgan fingerprint density at radius 1 is 1.29 bits per heavy atom. The summed E-state index contributed by atoms with van der Waals surface area (Å²) in [7, 11) is 1.90. The van der Waals surface area contributed by atoms with Crippen molar-refractivity contribution in [2.75, 3.05) is 19.8 Å². The van der Waals surface area contributed by atoms with Gasteiger partial charge in [-0.1, -0.05) is 0 Å². The lowest BCUT2D eigenvalue weighted by Crippen LogP contribution is -2.23. The topological polar surface area (TPSA) is 45.5 Å². The number of aromatic nitrogens is 2. The molecule has 5 heteroatoms. The Labute approximate surface area is 103 Å². The highest BCUT2D eigenvalue weighted by Crippen LogP contribution is 2.07. The highest BCUT2D eigenvalue weighted by atomic mass is 16.7. The Morgan fingerprint density at radius 3 is 2.41 bits per heavy atom. The van der Waals surface area contributed by atoms with Crippen LogP contribution in [-0.4, -0.2) is 35.9 Å². The molecule has 1 aromatic heterocycles. The fourth-order valence-corrected chi connectivity index (χ4v) is 1.57.